The summed E-state index contributed by atoms with van der Waals surface area (Å²) in [7, 11) is 1.71. The van der Waals surface area contributed by atoms with Crippen molar-refractivity contribution in [2.45, 2.75) is 95.5 Å². The summed E-state index contributed by atoms with van der Waals surface area (Å²) < 4.78 is 6.83. The van der Waals surface area contributed by atoms with Crippen LogP contribution in [0.2, 0.25) is 0 Å². The summed E-state index contributed by atoms with van der Waals surface area (Å²) >= 11 is 0. The second kappa shape index (κ2) is 11.1. The van der Waals surface area contributed by atoms with Crippen molar-refractivity contribution in [1.29, 1.82) is 0 Å². The third kappa shape index (κ3) is 4.20. The zero-order chi connectivity index (χ0) is 26.8. The Morgan fingerprint density at radius 3 is 2.39 bits per heavy atom. The molecular weight excluding hydrogens is 458 g/mol. The van der Waals surface area contributed by atoms with Crippen LogP contribution in [0.4, 0.5) is 0 Å². The number of likely N-dealkylation sites (N-methyl/N-ethyl adjacent to an activating group) is 1. The van der Waals surface area contributed by atoms with E-state index in [0.29, 0.717) is 38.8 Å². The van der Waals surface area contributed by atoms with Gasteiger partial charge in [-0.1, -0.05) is 39.3 Å². The summed E-state index contributed by atoms with van der Waals surface area (Å²) in [6, 6.07) is -1.46. The van der Waals surface area contributed by atoms with E-state index in [0.717, 1.165) is 12.8 Å². The Labute approximate surface area is 216 Å². The molecule has 8 nitrogen and oxygen atoms in total. The molecular formula is C28H45N3O5. The van der Waals surface area contributed by atoms with E-state index in [4.69, 9.17) is 4.74 Å². The van der Waals surface area contributed by atoms with Crippen molar-refractivity contribution in [2.75, 3.05) is 26.7 Å². The first-order valence-corrected chi connectivity index (χ1v) is 13.5. The van der Waals surface area contributed by atoms with Crippen LogP contribution in [-0.2, 0) is 19.1 Å². The lowest BCUT2D eigenvalue weighted by atomic mass is 9.64. The first-order chi connectivity index (χ1) is 17.1. The average Bonchev–Trinajstić information content (AvgIpc) is 3.47. The molecule has 36 heavy (non-hydrogen) atoms. The van der Waals surface area contributed by atoms with E-state index in [-0.39, 0.29) is 30.4 Å². The van der Waals surface area contributed by atoms with Crippen LogP contribution in [0, 0.1) is 11.8 Å². The molecule has 3 unspecified atom stereocenters. The van der Waals surface area contributed by atoms with E-state index in [1.165, 1.54) is 0 Å². The van der Waals surface area contributed by atoms with Gasteiger partial charge in [0.2, 0.25) is 17.7 Å². The van der Waals surface area contributed by atoms with Gasteiger partial charge >= 0.3 is 0 Å². The molecule has 0 radical (unpaired) electrons. The van der Waals surface area contributed by atoms with Crippen LogP contribution in [0.3, 0.4) is 0 Å². The van der Waals surface area contributed by atoms with Crippen LogP contribution >= 0.6 is 0 Å². The smallest absolute Gasteiger partial charge is 0.248 e. The number of carbonyl (C=O) groups is 3. The molecule has 0 aliphatic carbocycles. The van der Waals surface area contributed by atoms with E-state index in [1.54, 1.807) is 33.9 Å². The summed E-state index contributed by atoms with van der Waals surface area (Å²) in [5, 5.41) is 10.2. The van der Waals surface area contributed by atoms with Gasteiger partial charge in [0.15, 0.2) is 0 Å². The number of amides is 3. The lowest BCUT2D eigenvalue weighted by Gasteiger charge is -2.41. The molecule has 3 rings (SSSR count). The zero-order valence-corrected chi connectivity index (χ0v) is 22.7. The summed E-state index contributed by atoms with van der Waals surface area (Å²) in [6.07, 6.45) is 7.33. The van der Waals surface area contributed by atoms with E-state index in [1.807, 2.05) is 20.8 Å². The Bertz CT molecular complexity index is 873. The Hall–Kier alpha value is -2.19. The topological polar surface area (TPSA) is 90.4 Å². The zero-order valence-electron chi connectivity index (χ0n) is 22.7. The van der Waals surface area contributed by atoms with Crippen LogP contribution in [-0.4, -0.2) is 93.6 Å². The van der Waals surface area contributed by atoms with Gasteiger partial charge in [0.25, 0.3) is 0 Å². The van der Waals surface area contributed by atoms with E-state index in [9.17, 15) is 19.5 Å². The second-order valence-electron chi connectivity index (χ2n) is 10.7. The summed E-state index contributed by atoms with van der Waals surface area (Å²) in [6.45, 7) is 16.1. The number of rotatable bonds is 13. The van der Waals surface area contributed by atoms with Gasteiger partial charge < -0.3 is 24.5 Å². The maximum Gasteiger partial charge on any atom is 0.248 e. The SMILES string of the molecule is C=CCN(C)C(=O)[C@@H]1[C@H]2C(=O)N([C@@H](CC)CO)C(C(=O)N(CC=C)C(C)CCC)C23CC[C@@]1(CC)O3. The molecule has 3 aliphatic heterocycles. The lowest BCUT2D eigenvalue weighted by Crippen LogP contribution is -2.60. The number of fused-ring (bicyclic) bond motifs is 1. The van der Waals surface area contributed by atoms with Crippen LogP contribution in [0.1, 0.15) is 66.2 Å². The Balaban J connectivity index is 2.16. The summed E-state index contributed by atoms with van der Waals surface area (Å²) in [5.41, 5.74) is -1.87. The van der Waals surface area contributed by atoms with E-state index >= 15 is 0 Å². The molecule has 0 aromatic heterocycles. The molecule has 7 atom stereocenters. The molecule has 3 amide bonds. The number of hydrogen-bond acceptors (Lipinski definition) is 5. The van der Waals surface area contributed by atoms with Gasteiger partial charge in [0.1, 0.15) is 11.6 Å². The maximum atomic E-state index is 14.4. The predicted molar refractivity (Wildman–Crippen MR) is 139 cm³/mol. The molecule has 0 aromatic carbocycles. The van der Waals surface area contributed by atoms with E-state index in [2.05, 4.69) is 20.1 Å². The molecule has 0 saturated carbocycles. The number of carbonyl (C=O) groups excluding carboxylic acids is 3. The predicted octanol–water partition coefficient (Wildman–Crippen LogP) is 2.76. The van der Waals surface area contributed by atoms with Gasteiger partial charge in [0, 0.05) is 26.2 Å². The van der Waals surface area contributed by atoms with Gasteiger partial charge in [-0.25, -0.2) is 0 Å². The normalized spacial score (nSPS) is 32.2. The highest BCUT2D eigenvalue weighted by atomic mass is 16.5. The molecule has 3 saturated heterocycles. The average molecular weight is 504 g/mol. The van der Waals surface area contributed by atoms with Crippen molar-refractivity contribution in [1.82, 2.24) is 14.7 Å². The van der Waals surface area contributed by atoms with Crippen LogP contribution in [0.5, 0.6) is 0 Å². The standard InChI is InChI=1S/C28H45N3O5/c1-8-13-19(6)30(17-10-3)26(35)23-28-15-14-27(12-5,36-28)21(24(33)29(7)16-9-2)22(28)25(34)31(23)20(11-4)18-32/h9-10,19-23,32H,2-3,8,11-18H2,1,4-7H3/t19?,20-,21-,22-,23?,27+,28?/m0/s1. The van der Waals surface area contributed by atoms with Crippen LogP contribution < -0.4 is 0 Å². The molecule has 8 heteroatoms. The highest BCUT2D eigenvalue weighted by molar-refractivity contribution is 5.99. The number of likely N-dealkylation sites (tertiary alicyclic amines) is 1. The lowest BCUT2D eigenvalue weighted by molar-refractivity contribution is -0.158. The number of ether oxygens (including phenoxy) is 1. The fourth-order valence-electron chi connectivity index (χ4n) is 7.00. The summed E-state index contributed by atoms with van der Waals surface area (Å²) in [4.78, 5) is 47.3. The van der Waals surface area contributed by atoms with Crippen molar-refractivity contribution < 1.29 is 24.2 Å². The van der Waals surface area contributed by atoms with Crippen LogP contribution in [0.25, 0.3) is 0 Å². The summed E-state index contributed by atoms with van der Waals surface area (Å²) in [5.74, 6) is -2.02. The van der Waals surface area contributed by atoms with Gasteiger partial charge in [0.05, 0.1) is 30.1 Å². The Morgan fingerprint density at radius 2 is 1.86 bits per heavy atom. The number of aliphatic hydroxyl groups excluding tert-OH is 1. The molecule has 3 fully saturated rings. The fraction of sp³-hybridized carbons (Fsp3) is 0.750. The first-order valence-electron chi connectivity index (χ1n) is 13.5. The minimum absolute atomic E-state index is 0.0444. The van der Waals surface area contributed by atoms with Crippen LogP contribution in [0.15, 0.2) is 25.3 Å². The molecule has 0 aromatic rings. The van der Waals surface area contributed by atoms with Crippen molar-refractivity contribution in [2.24, 2.45) is 11.8 Å². The number of nitrogens with zero attached hydrogens (tertiary/aromatic N) is 3. The highest BCUT2D eigenvalue weighted by Gasteiger charge is 2.79. The second-order valence-corrected chi connectivity index (χ2v) is 10.7. The fourth-order valence-corrected chi connectivity index (χ4v) is 7.00. The quantitative estimate of drug-likeness (QED) is 0.391. The van der Waals surface area contributed by atoms with E-state index < -0.39 is 35.1 Å². The molecule has 2 bridgehead atoms. The largest absolute Gasteiger partial charge is 0.394 e. The first kappa shape index (κ1) is 28.4. The third-order valence-corrected chi connectivity index (χ3v) is 8.82. The van der Waals surface area contributed by atoms with Crippen molar-refractivity contribution in [3.63, 3.8) is 0 Å². The maximum absolute atomic E-state index is 14.4. The number of aliphatic hydroxyl groups is 1. The number of hydrogen-bond donors (Lipinski definition) is 1. The minimum Gasteiger partial charge on any atom is -0.394 e. The van der Waals surface area contributed by atoms with Crippen molar-refractivity contribution >= 4 is 17.7 Å². The third-order valence-electron chi connectivity index (χ3n) is 8.82. The monoisotopic (exact) mass is 503 g/mol. The van der Waals surface area contributed by atoms with Gasteiger partial charge in [-0.3, -0.25) is 14.4 Å². The Morgan fingerprint density at radius 1 is 1.19 bits per heavy atom. The molecule has 202 valence electrons. The molecule has 1 N–H and O–H groups in total. The molecule has 1 spiro atoms. The van der Waals surface area contributed by atoms with Gasteiger partial charge in [-0.15, -0.1) is 13.2 Å². The van der Waals surface area contributed by atoms with Gasteiger partial charge in [-0.2, -0.15) is 0 Å². The Kier molecular flexibility index (Phi) is 8.71. The molecule has 3 heterocycles. The van der Waals surface area contributed by atoms with Gasteiger partial charge in [-0.05, 0) is 39.0 Å². The molecule has 3 aliphatic rings. The van der Waals surface area contributed by atoms with Crippen molar-refractivity contribution in [3.05, 3.63) is 25.3 Å². The minimum atomic E-state index is -1.09. The van der Waals surface area contributed by atoms with Crippen molar-refractivity contribution in [3.8, 4) is 0 Å². The highest BCUT2D eigenvalue weighted by Crippen LogP contribution is 2.65.